The van der Waals surface area contributed by atoms with Crippen molar-refractivity contribution in [3.05, 3.63) is 28.7 Å². The third-order valence-corrected chi connectivity index (χ3v) is 4.78. The van der Waals surface area contributed by atoms with Gasteiger partial charge in [-0.3, -0.25) is 0 Å². The van der Waals surface area contributed by atoms with Crippen molar-refractivity contribution in [3.8, 4) is 5.75 Å². The normalized spacial score (nSPS) is 16.3. The monoisotopic (exact) mass is 314 g/mol. The Bertz CT molecular complexity index is 337. The second-order valence-corrected chi connectivity index (χ2v) is 6.60. The van der Waals surface area contributed by atoms with E-state index in [1.807, 2.05) is 36.0 Å². The molecular weight excluding hydrogens is 296 g/mol. The Morgan fingerprint density at radius 3 is 2.88 bits per heavy atom. The van der Waals surface area contributed by atoms with E-state index in [1.54, 1.807) is 0 Å². The molecule has 17 heavy (non-hydrogen) atoms. The minimum Gasteiger partial charge on any atom is -0.493 e. The van der Waals surface area contributed by atoms with Crippen molar-refractivity contribution in [1.29, 1.82) is 0 Å². The van der Waals surface area contributed by atoms with Gasteiger partial charge in [-0.05, 0) is 42.7 Å². The lowest BCUT2D eigenvalue weighted by Crippen LogP contribution is -2.03. The third-order valence-electron chi connectivity index (χ3n) is 3.12. The van der Waals surface area contributed by atoms with E-state index < -0.39 is 0 Å². The second-order valence-electron chi connectivity index (χ2n) is 4.53. The first-order valence-corrected chi connectivity index (χ1v) is 8.25. The van der Waals surface area contributed by atoms with Crippen molar-refractivity contribution in [2.45, 2.75) is 25.7 Å². The van der Waals surface area contributed by atoms with Crippen molar-refractivity contribution in [2.75, 3.05) is 18.1 Å². The van der Waals surface area contributed by atoms with Crippen molar-refractivity contribution in [1.82, 2.24) is 0 Å². The quantitative estimate of drug-likeness (QED) is 0.701. The van der Waals surface area contributed by atoms with Gasteiger partial charge >= 0.3 is 0 Å². The Labute approximate surface area is 116 Å². The third kappa shape index (κ3) is 4.92. The molecule has 0 heterocycles. The van der Waals surface area contributed by atoms with Crippen LogP contribution in [0.25, 0.3) is 0 Å². The Kier molecular flexibility index (Phi) is 5.72. The predicted molar refractivity (Wildman–Crippen MR) is 78.9 cm³/mol. The molecule has 0 N–H and O–H groups in total. The van der Waals surface area contributed by atoms with E-state index in [2.05, 4.69) is 15.9 Å². The number of rotatable bonds is 6. The van der Waals surface area contributed by atoms with Gasteiger partial charge in [-0.15, -0.1) is 0 Å². The summed E-state index contributed by atoms with van der Waals surface area (Å²) in [7, 11) is 0. The first-order valence-electron chi connectivity index (χ1n) is 6.31. The fraction of sp³-hybridized carbons (Fsp3) is 0.571. The average Bonchev–Trinajstić information content (AvgIpc) is 2.82. The lowest BCUT2D eigenvalue weighted by atomic mass is 10.1. The zero-order chi connectivity index (χ0) is 11.9. The first-order chi connectivity index (χ1) is 8.34. The molecule has 1 aromatic carbocycles. The van der Waals surface area contributed by atoms with Gasteiger partial charge in [-0.1, -0.05) is 34.8 Å². The average molecular weight is 315 g/mol. The van der Waals surface area contributed by atoms with E-state index in [1.165, 1.54) is 31.4 Å². The molecule has 0 bridgehead atoms. The van der Waals surface area contributed by atoms with Crippen LogP contribution in [-0.2, 0) is 0 Å². The van der Waals surface area contributed by atoms with Crippen LogP contribution in [-0.4, -0.2) is 18.1 Å². The van der Waals surface area contributed by atoms with Crippen molar-refractivity contribution >= 4 is 27.7 Å². The Hall–Kier alpha value is -0.150. The number of ether oxygens (including phenoxy) is 1. The molecule has 0 aromatic heterocycles. The van der Waals surface area contributed by atoms with Gasteiger partial charge in [0, 0.05) is 10.2 Å². The summed E-state index contributed by atoms with van der Waals surface area (Å²) in [6, 6.07) is 8.04. The van der Waals surface area contributed by atoms with Crippen molar-refractivity contribution in [2.24, 2.45) is 5.92 Å². The summed E-state index contributed by atoms with van der Waals surface area (Å²) in [5, 5.41) is 0. The number of hydrogen-bond acceptors (Lipinski definition) is 2. The molecule has 1 saturated carbocycles. The number of halogens is 1. The summed E-state index contributed by atoms with van der Waals surface area (Å²) < 4.78 is 6.78. The van der Waals surface area contributed by atoms with Crippen molar-refractivity contribution in [3.63, 3.8) is 0 Å². The van der Waals surface area contributed by atoms with Gasteiger partial charge in [0.1, 0.15) is 5.75 Å². The fourth-order valence-electron chi connectivity index (χ4n) is 2.20. The highest BCUT2D eigenvalue weighted by atomic mass is 79.9. The van der Waals surface area contributed by atoms with Gasteiger partial charge in [-0.25, -0.2) is 0 Å². The standard InChI is InChI=1S/C14H19BrOS/c15-13-6-3-7-14(10-13)16-8-9-17-11-12-4-1-2-5-12/h3,6-7,10,12H,1-2,4-5,8-9,11H2. The molecule has 0 amide bonds. The highest BCUT2D eigenvalue weighted by Crippen LogP contribution is 2.27. The van der Waals surface area contributed by atoms with Gasteiger partial charge < -0.3 is 4.74 Å². The largest absolute Gasteiger partial charge is 0.493 e. The molecule has 1 aliphatic carbocycles. The number of benzene rings is 1. The second kappa shape index (κ2) is 7.32. The topological polar surface area (TPSA) is 9.23 Å². The lowest BCUT2D eigenvalue weighted by Gasteiger charge is -2.09. The summed E-state index contributed by atoms with van der Waals surface area (Å²) in [4.78, 5) is 0. The molecule has 0 atom stereocenters. The molecule has 1 fully saturated rings. The molecule has 0 spiro atoms. The van der Waals surface area contributed by atoms with Gasteiger partial charge in [0.2, 0.25) is 0 Å². The molecule has 1 aromatic rings. The van der Waals surface area contributed by atoms with E-state index in [-0.39, 0.29) is 0 Å². The van der Waals surface area contributed by atoms with Crippen molar-refractivity contribution < 1.29 is 4.74 Å². The maximum Gasteiger partial charge on any atom is 0.120 e. The van der Waals surface area contributed by atoms with E-state index in [4.69, 9.17) is 4.74 Å². The Morgan fingerprint density at radius 1 is 1.29 bits per heavy atom. The summed E-state index contributed by atoms with van der Waals surface area (Å²) in [6.07, 6.45) is 5.78. The molecule has 1 nitrogen and oxygen atoms in total. The van der Waals surface area contributed by atoms with Crippen LogP contribution in [0.5, 0.6) is 5.75 Å². The molecule has 0 aliphatic heterocycles. The maximum absolute atomic E-state index is 5.70. The van der Waals surface area contributed by atoms with Gasteiger partial charge in [-0.2, -0.15) is 11.8 Å². The van der Waals surface area contributed by atoms with Gasteiger partial charge in [0.05, 0.1) is 6.61 Å². The van der Waals surface area contributed by atoms with Crippen LogP contribution < -0.4 is 4.74 Å². The molecular formula is C14H19BrOS. The molecule has 2 rings (SSSR count). The van der Waals surface area contributed by atoms with Gasteiger partial charge in [0.25, 0.3) is 0 Å². The fourth-order valence-corrected chi connectivity index (χ4v) is 3.62. The summed E-state index contributed by atoms with van der Waals surface area (Å²) >= 11 is 5.48. The van der Waals surface area contributed by atoms with Crippen LogP contribution in [0.3, 0.4) is 0 Å². The minimum absolute atomic E-state index is 0.813. The Balaban J connectivity index is 1.56. The predicted octanol–water partition coefficient (Wildman–Crippen LogP) is 4.75. The molecule has 0 unspecified atom stereocenters. The van der Waals surface area contributed by atoms with Crippen LogP contribution in [0.15, 0.2) is 28.7 Å². The van der Waals surface area contributed by atoms with E-state index >= 15 is 0 Å². The first kappa shape index (κ1) is 13.3. The van der Waals surface area contributed by atoms with Crippen LogP contribution in [0, 0.1) is 5.92 Å². The van der Waals surface area contributed by atoms with Gasteiger partial charge in [0.15, 0.2) is 0 Å². The van der Waals surface area contributed by atoms with Crippen LogP contribution in [0.1, 0.15) is 25.7 Å². The molecule has 3 heteroatoms. The molecule has 0 saturated heterocycles. The molecule has 0 radical (unpaired) electrons. The summed E-state index contributed by atoms with van der Waals surface area (Å²) in [5.41, 5.74) is 0. The van der Waals surface area contributed by atoms with E-state index in [0.717, 1.165) is 28.5 Å². The highest BCUT2D eigenvalue weighted by Gasteiger charge is 2.14. The summed E-state index contributed by atoms with van der Waals surface area (Å²) in [5.74, 6) is 4.36. The zero-order valence-electron chi connectivity index (χ0n) is 10.0. The SMILES string of the molecule is Brc1cccc(OCCSCC2CCCC2)c1. The zero-order valence-corrected chi connectivity index (χ0v) is 12.4. The smallest absolute Gasteiger partial charge is 0.120 e. The number of thioether (sulfide) groups is 1. The van der Waals surface area contributed by atoms with Crippen LogP contribution >= 0.6 is 27.7 Å². The van der Waals surface area contributed by atoms with E-state index in [9.17, 15) is 0 Å². The number of hydrogen-bond donors (Lipinski definition) is 0. The molecule has 94 valence electrons. The minimum atomic E-state index is 0.813. The highest BCUT2D eigenvalue weighted by molar-refractivity contribution is 9.10. The summed E-state index contributed by atoms with van der Waals surface area (Å²) in [6.45, 7) is 0.813. The maximum atomic E-state index is 5.70. The molecule has 1 aliphatic rings. The Morgan fingerprint density at radius 2 is 2.12 bits per heavy atom. The van der Waals surface area contributed by atoms with Crippen LogP contribution in [0.4, 0.5) is 0 Å². The van der Waals surface area contributed by atoms with E-state index in [0.29, 0.717) is 0 Å². The van der Waals surface area contributed by atoms with Crippen LogP contribution in [0.2, 0.25) is 0 Å². The lowest BCUT2D eigenvalue weighted by molar-refractivity contribution is 0.343.